The molecule has 0 aliphatic rings. The average Bonchev–Trinajstić information content (AvgIpc) is 2.98. The number of hydrogen-bond donors (Lipinski definition) is 0. The summed E-state index contributed by atoms with van der Waals surface area (Å²) in [4.78, 5) is 10.8. The number of hydrogen-bond acceptors (Lipinski definition) is 4. The van der Waals surface area contributed by atoms with Crippen molar-refractivity contribution in [3.8, 4) is 5.69 Å². The van der Waals surface area contributed by atoms with Gasteiger partial charge in [0, 0.05) is 18.9 Å². The van der Waals surface area contributed by atoms with Gasteiger partial charge < -0.3 is 0 Å². The number of nitrogens with zero attached hydrogens (tertiary/aromatic N) is 5. The summed E-state index contributed by atoms with van der Waals surface area (Å²) in [6.45, 7) is 5.74. The molecule has 2 aromatic heterocycles. The molecule has 0 aliphatic carbocycles. The van der Waals surface area contributed by atoms with Crippen LogP contribution >= 0.6 is 0 Å². The van der Waals surface area contributed by atoms with Gasteiger partial charge in [0.15, 0.2) is 0 Å². The van der Waals surface area contributed by atoms with E-state index in [1.807, 2.05) is 16.9 Å². The normalized spacial score (nSPS) is 11.1. The van der Waals surface area contributed by atoms with E-state index in [4.69, 9.17) is 0 Å². The van der Waals surface area contributed by atoms with E-state index in [0.29, 0.717) is 0 Å². The van der Waals surface area contributed by atoms with Crippen LogP contribution in [0, 0.1) is 13.8 Å². The Labute approximate surface area is 136 Å². The van der Waals surface area contributed by atoms with Crippen molar-refractivity contribution in [2.75, 3.05) is 7.05 Å². The van der Waals surface area contributed by atoms with E-state index in [1.54, 1.807) is 12.5 Å². The molecule has 0 saturated carbocycles. The number of aryl methyl sites for hydroxylation is 2. The Balaban J connectivity index is 1.80. The number of rotatable bonds is 5. The molecule has 0 atom stereocenters. The van der Waals surface area contributed by atoms with Crippen LogP contribution in [0.15, 0.2) is 49.1 Å². The first-order valence-corrected chi connectivity index (χ1v) is 7.67. The van der Waals surface area contributed by atoms with Gasteiger partial charge in [0.25, 0.3) is 0 Å². The smallest absolute Gasteiger partial charge is 0.146 e. The van der Waals surface area contributed by atoms with Crippen molar-refractivity contribution in [2.45, 2.75) is 26.9 Å². The molecule has 3 aromatic rings. The van der Waals surface area contributed by atoms with E-state index in [2.05, 4.69) is 65.1 Å². The Kier molecular flexibility index (Phi) is 4.48. The summed E-state index contributed by atoms with van der Waals surface area (Å²) in [5.74, 6) is 0.935. The summed E-state index contributed by atoms with van der Waals surface area (Å²) < 4.78 is 1.93. The lowest BCUT2D eigenvalue weighted by atomic mass is 10.1. The second-order valence-corrected chi connectivity index (χ2v) is 5.91. The maximum atomic E-state index is 4.44. The van der Waals surface area contributed by atoms with Crippen LogP contribution in [0.3, 0.4) is 0 Å². The van der Waals surface area contributed by atoms with Crippen molar-refractivity contribution >= 4 is 0 Å². The first-order valence-electron chi connectivity index (χ1n) is 7.67. The molecule has 0 bridgehead atoms. The van der Waals surface area contributed by atoms with Gasteiger partial charge in [0.1, 0.15) is 12.2 Å². The lowest BCUT2D eigenvalue weighted by molar-refractivity contribution is 0.307. The van der Waals surface area contributed by atoms with Gasteiger partial charge in [0.2, 0.25) is 0 Å². The van der Waals surface area contributed by atoms with Gasteiger partial charge in [0.05, 0.1) is 12.2 Å². The van der Waals surface area contributed by atoms with Crippen LogP contribution < -0.4 is 0 Å². The van der Waals surface area contributed by atoms with Crippen LogP contribution in [0.4, 0.5) is 0 Å². The fraction of sp³-hybridized carbons (Fsp3) is 0.278. The summed E-state index contributed by atoms with van der Waals surface area (Å²) in [5, 5.41) is 4.42. The molecule has 0 aliphatic heterocycles. The molecular weight excluding hydrogens is 286 g/mol. The van der Waals surface area contributed by atoms with Crippen molar-refractivity contribution in [2.24, 2.45) is 0 Å². The monoisotopic (exact) mass is 307 g/mol. The molecule has 2 heterocycles. The highest BCUT2D eigenvalue weighted by molar-refractivity contribution is 5.42. The summed E-state index contributed by atoms with van der Waals surface area (Å²) in [7, 11) is 2.08. The van der Waals surface area contributed by atoms with Gasteiger partial charge in [-0.3, -0.25) is 9.88 Å². The Hall–Kier alpha value is -2.53. The van der Waals surface area contributed by atoms with E-state index >= 15 is 0 Å². The second-order valence-electron chi connectivity index (χ2n) is 5.91. The Morgan fingerprint density at radius 2 is 2.00 bits per heavy atom. The van der Waals surface area contributed by atoms with Gasteiger partial charge in [-0.2, -0.15) is 5.10 Å². The number of benzene rings is 1. The molecule has 0 unspecified atom stereocenters. The SMILES string of the molecule is Cc1ccc(C)c(-n2ncnc2CN(C)Cc2cccnc2)c1. The maximum Gasteiger partial charge on any atom is 0.146 e. The van der Waals surface area contributed by atoms with Crippen LogP contribution in [0.1, 0.15) is 22.5 Å². The molecule has 0 spiro atoms. The highest BCUT2D eigenvalue weighted by atomic mass is 15.3. The third kappa shape index (κ3) is 3.63. The topological polar surface area (TPSA) is 46.8 Å². The Bertz CT molecular complexity index is 779. The van der Waals surface area contributed by atoms with E-state index < -0.39 is 0 Å². The fourth-order valence-corrected chi connectivity index (χ4v) is 2.62. The molecule has 0 saturated heterocycles. The van der Waals surface area contributed by atoms with Gasteiger partial charge >= 0.3 is 0 Å². The molecule has 5 heteroatoms. The minimum absolute atomic E-state index is 0.724. The highest BCUT2D eigenvalue weighted by Crippen LogP contribution is 2.17. The predicted octanol–water partition coefficient (Wildman–Crippen LogP) is 2.91. The molecule has 0 amide bonds. The molecular formula is C18H21N5. The van der Waals surface area contributed by atoms with Crippen molar-refractivity contribution in [1.29, 1.82) is 0 Å². The molecule has 1 aromatic carbocycles. The quantitative estimate of drug-likeness (QED) is 0.727. The molecule has 0 radical (unpaired) electrons. The zero-order valence-corrected chi connectivity index (χ0v) is 13.8. The van der Waals surface area contributed by atoms with Crippen LogP contribution in [0.2, 0.25) is 0 Å². The van der Waals surface area contributed by atoms with Gasteiger partial charge in [-0.15, -0.1) is 0 Å². The third-order valence-corrected chi connectivity index (χ3v) is 3.80. The molecule has 23 heavy (non-hydrogen) atoms. The van der Waals surface area contributed by atoms with Gasteiger partial charge in [-0.05, 0) is 49.7 Å². The van der Waals surface area contributed by atoms with E-state index in [9.17, 15) is 0 Å². The zero-order chi connectivity index (χ0) is 16.2. The highest BCUT2D eigenvalue weighted by Gasteiger charge is 2.12. The summed E-state index contributed by atoms with van der Waals surface area (Å²) in [5.41, 5.74) is 4.69. The molecule has 0 N–H and O–H groups in total. The van der Waals surface area contributed by atoms with Crippen molar-refractivity contribution in [3.05, 3.63) is 71.6 Å². The molecule has 3 rings (SSSR count). The standard InChI is InChI=1S/C18H21N5/c1-14-6-7-15(2)17(9-14)23-18(20-13-21-23)12-22(3)11-16-5-4-8-19-10-16/h4-10,13H,11-12H2,1-3H3. The van der Waals surface area contributed by atoms with E-state index in [1.165, 1.54) is 16.7 Å². The zero-order valence-electron chi connectivity index (χ0n) is 13.8. The first kappa shape index (κ1) is 15.4. The first-order chi connectivity index (χ1) is 11.1. The van der Waals surface area contributed by atoms with Crippen LogP contribution in [-0.4, -0.2) is 31.7 Å². The van der Waals surface area contributed by atoms with E-state index in [-0.39, 0.29) is 0 Å². The lowest BCUT2D eigenvalue weighted by Crippen LogP contribution is -2.20. The number of pyridine rings is 1. The Morgan fingerprint density at radius 1 is 1.13 bits per heavy atom. The molecule has 5 nitrogen and oxygen atoms in total. The fourth-order valence-electron chi connectivity index (χ4n) is 2.62. The number of aromatic nitrogens is 4. The van der Waals surface area contributed by atoms with Crippen molar-refractivity contribution < 1.29 is 0 Å². The Morgan fingerprint density at radius 3 is 2.78 bits per heavy atom. The lowest BCUT2D eigenvalue weighted by Gasteiger charge is -2.17. The second kappa shape index (κ2) is 6.71. The summed E-state index contributed by atoms with van der Waals surface area (Å²) in [6.07, 6.45) is 5.31. The predicted molar refractivity (Wildman–Crippen MR) is 90.2 cm³/mol. The average molecular weight is 307 g/mol. The van der Waals surface area contributed by atoms with Crippen molar-refractivity contribution in [3.63, 3.8) is 0 Å². The maximum absolute atomic E-state index is 4.44. The molecule has 0 fully saturated rings. The minimum Gasteiger partial charge on any atom is -0.295 e. The van der Waals surface area contributed by atoms with Crippen LogP contribution in [0.5, 0.6) is 0 Å². The summed E-state index contributed by atoms with van der Waals surface area (Å²) >= 11 is 0. The summed E-state index contributed by atoms with van der Waals surface area (Å²) in [6, 6.07) is 10.4. The van der Waals surface area contributed by atoms with Gasteiger partial charge in [-0.1, -0.05) is 18.2 Å². The van der Waals surface area contributed by atoms with Gasteiger partial charge in [-0.25, -0.2) is 9.67 Å². The molecule has 118 valence electrons. The largest absolute Gasteiger partial charge is 0.295 e. The third-order valence-electron chi connectivity index (χ3n) is 3.80. The minimum atomic E-state index is 0.724. The van der Waals surface area contributed by atoms with Crippen LogP contribution in [0.25, 0.3) is 5.69 Å². The van der Waals surface area contributed by atoms with Crippen LogP contribution in [-0.2, 0) is 13.1 Å². The van der Waals surface area contributed by atoms with Crippen molar-refractivity contribution in [1.82, 2.24) is 24.6 Å². The van der Waals surface area contributed by atoms with E-state index in [0.717, 1.165) is 24.6 Å².